The van der Waals surface area contributed by atoms with Crippen LogP contribution in [0.1, 0.15) is 16.7 Å². The standard InChI is InChI=1S/C22H21ClN4O3S/c1-17-6-8-20(9-7-17)31(29,30)27(15-19-4-2-3-5-21(19)23)16-22(28)26-25-14-18-10-12-24-13-11-18/h2-14H,15-16H2,1H3,(H,26,28)/b25-14-. The van der Waals surface area contributed by atoms with Crippen molar-refractivity contribution in [1.82, 2.24) is 14.7 Å². The molecule has 3 aromatic rings. The molecule has 7 nitrogen and oxygen atoms in total. The molecule has 0 saturated carbocycles. The Morgan fingerprint density at radius 3 is 2.45 bits per heavy atom. The molecular formula is C22H21ClN4O3S. The van der Waals surface area contributed by atoms with Crippen LogP contribution in [0.15, 0.2) is 83.1 Å². The summed E-state index contributed by atoms with van der Waals surface area (Å²) in [7, 11) is -3.95. The highest BCUT2D eigenvalue weighted by molar-refractivity contribution is 7.89. The number of pyridine rings is 1. The van der Waals surface area contributed by atoms with E-state index in [1.807, 2.05) is 6.92 Å². The van der Waals surface area contributed by atoms with Crippen LogP contribution in [-0.2, 0) is 21.4 Å². The van der Waals surface area contributed by atoms with Crippen molar-refractivity contribution in [2.45, 2.75) is 18.4 Å². The van der Waals surface area contributed by atoms with Crippen molar-refractivity contribution in [3.63, 3.8) is 0 Å². The highest BCUT2D eigenvalue weighted by Crippen LogP contribution is 2.22. The van der Waals surface area contributed by atoms with E-state index >= 15 is 0 Å². The predicted molar refractivity (Wildman–Crippen MR) is 120 cm³/mol. The molecule has 9 heteroatoms. The Hall–Kier alpha value is -3.07. The molecule has 3 rings (SSSR count). The van der Waals surface area contributed by atoms with Crippen molar-refractivity contribution in [1.29, 1.82) is 0 Å². The molecule has 0 spiro atoms. The van der Waals surface area contributed by atoms with E-state index < -0.39 is 22.5 Å². The van der Waals surface area contributed by atoms with Gasteiger partial charge in [0.05, 0.1) is 17.7 Å². The van der Waals surface area contributed by atoms with Gasteiger partial charge in [0.15, 0.2) is 0 Å². The van der Waals surface area contributed by atoms with Crippen LogP contribution < -0.4 is 5.43 Å². The average molecular weight is 457 g/mol. The van der Waals surface area contributed by atoms with E-state index in [1.54, 1.807) is 60.9 Å². The van der Waals surface area contributed by atoms with Gasteiger partial charge in [0.1, 0.15) is 0 Å². The quantitative estimate of drug-likeness (QED) is 0.415. The lowest BCUT2D eigenvalue weighted by Gasteiger charge is -2.22. The van der Waals surface area contributed by atoms with Crippen molar-refractivity contribution in [2.75, 3.05) is 6.54 Å². The van der Waals surface area contributed by atoms with Gasteiger partial charge in [-0.3, -0.25) is 9.78 Å². The third-order valence-corrected chi connectivity index (χ3v) is 6.57. The number of amides is 1. The molecule has 0 fully saturated rings. The lowest BCUT2D eigenvalue weighted by atomic mass is 10.2. The van der Waals surface area contributed by atoms with Crippen LogP contribution in [0.2, 0.25) is 5.02 Å². The van der Waals surface area contributed by atoms with Gasteiger partial charge in [-0.1, -0.05) is 47.5 Å². The molecule has 160 valence electrons. The minimum Gasteiger partial charge on any atom is -0.272 e. The molecular weight excluding hydrogens is 436 g/mol. The number of aromatic nitrogens is 1. The van der Waals surface area contributed by atoms with Gasteiger partial charge in [-0.25, -0.2) is 13.8 Å². The molecule has 0 aliphatic heterocycles. The first-order valence-electron chi connectivity index (χ1n) is 9.38. The van der Waals surface area contributed by atoms with Crippen LogP contribution in [0.5, 0.6) is 0 Å². The number of carbonyl (C=O) groups is 1. The smallest absolute Gasteiger partial charge is 0.255 e. The number of nitrogens with zero attached hydrogens (tertiary/aromatic N) is 3. The molecule has 0 unspecified atom stereocenters. The van der Waals surface area contributed by atoms with Crippen LogP contribution in [0.4, 0.5) is 0 Å². The highest BCUT2D eigenvalue weighted by atomic mass is 35.5. The summed E-state index contributed by atoms with van der Waals surface area (Å²) in [6, 6.07) is 16.8. The van der Waals surface area contributed by atoms with Gasteiger partial charge >= 0.3 is 0 Å². The number of aryl methyl sites for hydroxylation is 1. The number of hydrogen-bond acceptors (Lipinski definition) is 5. The van der Waals surface area contributed by atoms with Crippen molar-refractivity contribution in [2.24, 2.45) is 5.10 Å². The van der Waals surface area contributed by atoms with Crippen molar-refractivity contribution in [3.05, 3.63) is 94.8 Å². The third-order valence-electron chi connectivity index (χ3n) is 4.39. The second-order valence-corrected chi connectivity index (χ2v) is 9.10. The van der Waals surface area contributed by atoms with E-state index in [4.69, 9.17) is 11.6 Å². The minimum absolute atomic E-state index is 0.0582. The van der Waals surface area contributed by atoms with Crippen LogP contribution in [0.3, 0.4) is 0 Å². The third kappa shape index (κ3) is 6.21. The number of halogens is 1. The molecule has 1 heterocycles. The number of benzene rings is 2. The highest BCUT2D eigenvalue weighted by Gasteiger charge is 2.27. The minimum atomic E-state index is -3.95. The molecule has 0 saturated heterocycles. The summed E-state index contributed by atoms with van der Waals surface area (Å²) in [6.45, 7) is 1.39. The maximum absolute atomic E-state index is 13.2. The van der Waals surface area contributed by atoms with E-state index in [-0.39, 0.29) is 11.4 Å². The zero-order valence-corrected chi connectivity index (χ0v) is 18.3. The molecule has 1 N–H and O–H groups in total. The Kier molecular flexibility index (Phi) is 7.51. The fraction of sp³-hybridized carbons (Fsp3) is 0.136. The summed E-state index contributed by atoms with van der Waals surface area (Å²) >= 11 is 6.22. The summed E-state index contributed by atoms with van der Waals surface area (Å²) < 4.78 is 27.6. The second-order valence-electron chi connectivity index (χ2n) is 6.75. The van der Waals surface area contributed by atoms with Gasteiger partial charge in [0.2, 0.25) is 10.0 Å². The number of hydrogen-bond donors (Lipinski definition) is 1. The van der Waals surface area contributed by atoms with E-state index in [2.05, 4.69) is 15.5 Å². The van der Waals surface area contributed by atoms with E-state index in [0.717, 1.165) is 15.4 Å². The van der Waals surface area contributed by atoms with Gasteiger partial charge in [0, 0.05) is 24.0 Å². The summed E-state index contributed by atoms with van der Waals surface area (Å²) in [5.74, 6) is -0.576. The Morgan fingerprint density at radius 1 is 1.10 bits per heavy atom. The largest absolute Gasteiger partial charge is 0.272 e. The van der Waals surface area contributed by atoms with Gasteiger partial charge in [0.25, 0.3) is 5.91 Å². The fourth-order valence-corrected chi connectivity index (χ4v) is 4.30. The van der Waals surface area contributed by atoms with Gasteiger partial charge in [-0.15, -0.1) is 0 Å². The predicted octanol–water partition coefficient (Wildman–Crippen LogP) is 3.38. The first kappa shape index (κ1) is 22.6. The van der Waals surface area contributed by atoms with Gasteiger partial charge in [-0.05, 0) is 48.4 Å². The van der Waals surface area contributed by atoms with Crippen LogP contribution in [0, 0.1) is 6.92 Å². The average Bonchev–Trinajstić information content (AvgIpc) is 2.76. The van der Waals surface area contributed by atoms with E-state index in [1.165, 1.54) is 18.3 Å². The summed E-state index contributed by atoms with van der Waals surface area (Å²) in [4.78, 5) is 16.5. The molecule has 0 aliphatic carbocycles. The molecule has 31 heavy (non-hydrogen) atoms. The second kappa shape index (κ2) is 10.3. The topological polar surface area (TPSA) is 91.7 Å². The summed E-state index contributed by atoms with van der Waals surface area (Å²) in [6.07, 6.45) is 4.65. The van der Waals surface area contributed by atoms with E-state index in [0.29, 0.717) is 10.6 Å². The zero-order valence-electron chi connectivity index (χ0n) is 16.8. The summed E-state index contributed by atoms with van der Waals surface area (Å²) in [5, 5.41) is 4.30. The molecule has 0 atom stereocenters. The fourth-order valence-electron chi connectivity index (χ4n) is 2.73. The maximum Gasteiger partial charge on any atom is 0.255 e. The van der Waals surface area contributed by atoms with Crippen molar-refractivity contribution >= 4 is 33.7 Å². The molecule has 0 bridgehead atoms. The lowest BCUT2D eigenvalue weighted by Crippen LogP contribution is -2.39. The number of hydrazone groups is 1. The molecule has 2 aromatic carbocycles. The Labute approximate surface area is 186 Å². The SMILES string of the molecule is Cc1ccc(S(=O)(=O)N(CC(=O)N/N=C\c2ccncc2)Cc2ccccc2Cl)cc1. The Balaban J connectivity index is 1.81. The molecule has 0 aliphatic rings. The molecule has 1 aromatic heterocycles. The Bertz CT molecular complexity index is 1170. The first-order valence-corrected chi connectivity index (χ1v) is 11.2. The monoisotopic (exact) mass is 456 g/mol. The number of carbonyl (C=O) groups excluding carboxylic acids is 1. The van der Waals surface area contributed by atoms with Gasteiger partial charge in [-0.2, -0.15) is 9.41 Å². The number of rotatable bonds is 8. The molecule has 1 amide bonds. The number of sulfonamides is 1. The normalized spacial score (nSPS) is 11.7. The van der Waals surface area contributed by atoms with Crippen LogP contribution >= 0.6 is 11.6 Å². The zero-order chi connectivity index (χ0) is 22.3. The van der Waals surface area contributed by atoms with Crippen molar-refractivity contribution < 1.29 is 13.2 Å². The Morgan fingerprint density at radius 2 is 1.77 bits per heavy atom. The van der Waals surface area contributed by atoms with E-state index in [9.17, 15) is 13.2 Å². The summed E-state index contributed by atoms with van der Waals surface area (Å²) in [5.41, 5.74) is 4.63. The van der Waals surface area contributed by atoms with Crippen LogP contribution in [-0.4, -0.2) is 36.4 Å². The van der Waals surface area contributed by atoms with Crippen LogP contribution in [0.25, 0.3) is 0 Å². The molecule has 0 radical (unpaired) electrons. The van der Waals surface area contributed by atoms with Gasteiger partial charge < -0.3 is 0 Å². The first-order chi connectivity index (χ1) is 14.9. The van der Waals surface area contributed by atoms with Crippen molar-refractivity contribution in [3.8, 4) is 0 Å². The number of nitrogens with one attached hydrogen (secondary N) is 1. The lowest BCUT2D eigenvalue weighted by molar-refractivity contribution is -0.121. The maximum atomic E-state index is 13.2.